The average molecular weight is 341 g/mol. The zero-order valence-electron chi connectivity index (χ0n) is 13.8. The Bertz CT molecular complexity index is 874. The van der Waals surface area contributed by atoms with Crippen molar-refractivity contribution in [1.29, 1.82) is 0 Å². The molecular formula is C17H19N5OS. The van der Waals surface area contributed by atoms with E-state index in [1.54, 1.807) is 6.20 Å². The predicted molar refractivity (Wildman–Crippen MR) is 99.0 cm³/mol. The van der Waals surface area contributed by atoms with Crippen molar-refractivity contribution in [1.82, 2.24) is 20.3 Å². The molecule has 0 amide bonds. The molecule has 0 aliphatic heterocycles. The first-order chi connectivity index (χ1) is 11.6. The molecule has 6 nitrogen and oxygen atoms in total. The number of nitrogens with one attached hydrogen (secondary N) is 2. The number of anilines is 1. The van der Waals surface area contributed by atoms with Gasteiger partial charge in [0, 0.05) is 12.5 Å². The third-order valence-electron chi connectivity index (χ3n) is 3.43. The number of aromatic nitrogens is 3. The van der Waals surface area contributed by atoms with Gasteiger partial charge in [0.2, 0.25) is 0 Å². The Balaban J connectivity index is 1.92. The Morgan fingerprint density at radius 2 is 2.04 bits per heavy atom. The van der Waals surface area contributed by atoms with Crippen LogP contribution in [0.2, 0.25) is 0 Å². The van der Waals surface area contributed by atoms with Crippen LogP contribution in [-0.2, 0) is 0 Å². The minimum absolute atomic E-state index is 0.327. The van der Waals surface area contributed by atoms with Gasteiger partial charge in [0.15, 0.2) is 16.5 Å². The van der Waals surface area contributed by atoms with Gasteiger partial charge >= 0.3 is 0 Å². The molecule has 7 heteroatoms. The van der Waals surface area contributed by atoms with E-state index < -0.39 is 0 Å². The minimum Gasteiger partial charge on any atom is -0.459 e. The lowest BCUT2D eigenvalue weighted by Gasteiger charge is -2.08. The summed E-state index contributed by atoms with van der Waals surface area (Å²) in [5.41, 5.74) is 1.92. The predicted octanol–water partition coefficient (Wildman–Crippen LogP) is 3.71. The summed E-state index contributed by atoms with van der Waals surface area (Å²) in [4.78, 5) is 13.4. The first-order valence-corrected chi connectivity index (χ1v) is 8.26. The van der Waals surface area contributed by atoms with Gasteiger partial charge in [-0.05, 0) is 43.4 Å². The molecule has 0 unspecified atom stereocenters. The van der Waals surface area contributed by atoms with Crippen molar-refractivity contribution in [3.63, 3.8) is 0 Å². The molecule has 3 aromatic rings. The fourth-order valence-corrected chi connectivity index (χ4v) is 2.46. The number of fused-ring (bicyclic) bond motifs is 1. The lowest BCUT2D eigenvalue weighted by molar-refractivity contribution is 0.497. The van der Waals surface area contributed by atoms with Gasteiger partial charge in [0.25, 0.3) is 0 Å². The van der Waals surface area contributed by atoms with Gasteiger partial charge in [-0.15, -0.1) is 0 Å². The van der Waals surface area contributed by atoms with Crippen LogP contribution < -0.4 is 10.6 Å². The summed E-state index contributed by atoms with van der Waals surface area (Å²) in [6.07, 6.45) is 1.70. The van der Waals surface area contributed by atoms with Crippen LogP contribution in [0.25, 0.3) is 22.6 Å². The summed E-state index contributed by atoms with van der Waals surface area (Å²) in [5, 5.41) is 6.58. The standard InChI is InChI=1S/C17H19N5OS/c1-4-18-17(24)22-15-8-5-11-16(21-15)20-12(9-19-11)14-7-6-13(23-14)10(2)3/h5-10H,4H2,1-3H3,(H2,18,20,21,22,24). The molecular weight excluding hydrogens is 322 g/mol. The van der Waals surface area contributed by atoms with Crippen LogP contribution in [0.3, 0.4) is 0 Å². The largest absolute Gasteiger partial charge is 0.459 e. The quantitative estimate of drug-likeness (QED) is 0.700. The highest BCUT2D eigenvalue weighted by atomic mass is 32.1. The highest BCUT2D eigenvalue weighted by Crippen LogP contribution is 2.25. The maximum atomic E-state index is 5.83. The lowest BCUT2D eigenvalue weighted by atomic mass is 10.2. The van der Waals surface area contributed by atoms with E-state index in [9.17, 15) is 0 Å². The van der Waals surface area contributed by atoms with E-state index in [2.05, 4.69) is 39.4 Å². The molecule has 124 valence electrons. The second kappa shape index (κ2) is 6.92. The van der Waals surface area contributed by atoms with Crippen LogP contribution in [0.5, 0.6) is 0 Å². The fraction of sp³-hybridized carbons (Fsp3) is 0.294. The van der Waals surface area contributed by atoms with Gasteiger partial charge in [0.05, 0.1) is 6.20 Å². The number of furan rings is 1. The molecule has 0 aromatic carbocycles. The first-order valence-electron chi connectivity index (χ1n) is 7.85. The number of pyridine rings is 1. The molecule has 0 saturated carbocycles. The van der Waals surface area contributed by atoms with Crippen molar-refractivity contribution >= 4 is 34.3 Å². The topological polar surface area (TPSA) is 75.9 Å². The van der Waals surface area contributed by atoms with Gasteiger partial charge < -0.3 is 15.1 Å². The van der Waals surface area contributed by atoms with Crippen molar-refractivity contribution in [3.05, 3.63) is 36.2 Å². The molecule has 24 heavy (non-hydrogen) atoms. The smallest absolute Gasteiger partial charge is 0.180 e. The van der Waals surface area contributed by atoms with Gasteiger partial charge in [-0.25, -0.2) is 9.97 Å². The van der Waals surface area contributed by atoms with Crippen molar-refractivity contribution in [2.24, 2.45) is 0 Å². The van der Waals surface area contributed by atoms with Crippen LogP contribution in [0.4, 0.5) is 5.82 Å². The van der Waals surface area contributed by atoms with Crippen LogP contribution in [0.15, 0.2) is 34.9 Å². The summed E-state index contributed by atoms with van der Waals surface area (Å²) in [6.45, 7) is 6.90. The third kappa shape index (κ3) is 3.51. The second-order valence-electron chi connectivity index (χ2n) is 5.64. The maximum Gasteiger partial charge on any atom is 0.180 e. The summed E-state index contributed by atoms with van der Waals surface area (Å²) < 4.78 is 5.83. The van der Waals surface area contributed by atoms with Crippen molar-refractivity contribution in [3.8, 4) is 11.5 Å². The Kier molecular flexibility index (Phi) is 4.71. The molecule has 3 rings (SSSR count). The number of hydrogen-bond acceptors (Lipinski definition) is 5. The molecule has 0 fully saturated rings. The van der Waals surface area contributed by atoms with Gasteiger partial charge in [0.1, 0.15) is 22.8 Å². The van der Waals surface area contributed by atoms with E-state index in [4.69, 9.17) is 16.6 Å². The monoisotopic (exact) mass is 341 g/mol. The third-order valence-corrected chi connectivity index (χ3v) is 3.68. The summed E-state index contributed by atoms with van der Waals surface area (Å²) >= 11 is 5.17. The molecule has 3 heterocycles. The molecule has 0 aliphatic rings. The number of rotatable bonds is 4. The Hall–Kier alpha value is -2.54. The maximum absolute atomic E-state index is 5.83. The van der Waals surface area contributed by atoms with Gasteiger partial charge in [-0.2, -0.15) is 0 Å². The van der Waals surface area contributed by atoms with E-state index in [0.29, 0.717) is 39.5 Å². The minimum atomic E-state index is 0.327. The fourth-order valence-electron chi connectivity index (χ4n) is 2.21. The Morgan fingerprint density at radius 3 is 2.75 bits per heavy atom. The van der Waals surface area contributed by atoms with Crippen LogP contribution in [-0.4, -0.2) is 26.6 Å². The summed E-state index contributed by atoms with van der Waals surface area (Å²) in [7, 11) is 0. The first kappa shape index (κ1) is 16.3. The highest BCUT2D eigenvalue weighted by molar-refractivity contribution is 7.80. The zero-order chi connectivity index (χ0) is 17.1. The van der Waals surface area contributed by atoms with Crippen LogP contribution >= 0.6 is 12.2 Å². The molecule has 0 aliphatic carbocycles. The molecule has 0 spiro atoms. The van der Waals surface area contributed by atoms with Gasteiger partial charge in [-0.1, -0.05) is 13.8 Å². The molecule has 2 N–H and O–H groups in total. The molecule has 0 atom stereocenters. The van der Waals surface area contributed by atoms with E-state index >= 15 is 0 Å². The summed E-state index contributed by atoms with van der Waals surface area (Å²) in [6, 6.07) is 7.56. The summed E-state index contributed by atoms with van der Waals surface area (Å²) in [5.74, 6) is 2.57. The Morgan fingerprint density at radius 1 is 1.21 bits per heavy atom. The van der Waals surface area contributed by atoms with E-state index in [1.165, 1.54) is 0 Å². The molecule has 0 radical (unpaired) electrons. The normalized spacial score (nSPS) is 11.0. The molecule has 0 saturated heterocycles. The van der Waals surface area contributed by atoms with Gasteiger partial charge in [-0.3, -0.25) is 4.98 Å². The number of hydrogen-bond donors (Lipinski definition) is 2. The van der Waals surface area contributed by atoms with Crippen molar-refractivity contribution < 1.29 is 4.42 Å². The zero-order valence-corrected chi connectivity index (χ0v) is 14.6. The van der Waals surface area contributed by atoms with Crippen molar-refractivity contribution in [2.45, 2.75) is 26.7 Å². The number of thiocarbonyl (C=S) groups is 1. The van der Waals surface area contributed by atoms with E-state index in [1.807, 2.05) is 31.2 Å². The van der Waals surface area contributed by atoms with Crippen LogP contribution in [0.1, 0.15) is 32.4 Å². The van der Waals surface area contributed by atoms with E-state index in [-0.39, 0.29) is 0 Å². The molecule has 3 aromatic heterocycles. The van der Waals surface area contributed by atoms with Crippen LogP contribution in [0, 0.1) is 0 Å². The lowest BCUT2D eigenvalue weighted by Crippen LogP contribution is -2.28. The SMILES string of the molecule is CCNC(=S)Nc1ccc2ncc(-c3ccc(C(C)C)o3)nc2n1. The average Bonchev–Trinajstić information content (AvgIpc) is 3.04. The Labute approximate surface area is 145 Å². The van der Waals surface area contributed by atoms with Crippen molar-refractivity contribution in [2.75, 3.05) is 11.9 Å². The number of nitrogens with zero attached hydrogens (tertiary/aromatic N) is 3. The highest BCUT2D eigenvalue weighted by Gasteiger charge is 2.11. The van der Waals surface area contributed by atoms with E-state index in [0.717, 1.165) is 12.3 Å². The molecule has 0 bridgehead atoms. The second-order valence-corrected chi connectivity index (χ2v) is 6.04.